The van der Waals surface area contributed by atoms with Crippen LogP contribution < -0.4 is 0 Å². The number of aryl methyl sites for hydroxylation is 1. The molecular formula is C29H37NO4S. The summed E-state index contributed by atoms with van der Waals surface area (Å²) in [5.74, 6) is -0.0162. The van der Waals surface area contributed by atoms with Gasteiger partial charge in [0.05, 0.1) is 19.3 Å². The first-order chi connectivity index (χ1) is 17.0. The third-order valence-electron chi connectivity index (χ3n) is 6.55. The number of aliphatic hydroxyl groups is 1. The molecule has 1 aliphatic heterocycles. The fourth-order valence-electron chi connectivity index (χ4n) is 4.35. The van der Waals surface area contributed by atoms with E-state index in [0.29, 0.717) is 17.8 Å². The number of methoxy groups -OCH3 is 1. The van der Waals surface area contributed by atoms with E-state index in [-0.39, 0.29) is 23.8 Å². The van der Waals surface area contributed by atoms with Crippen LogP contribution in [0.1, 0.15) is 65.6 Å². The Hall–Kier alpha value is -2.70. The maximum Gasteiger partial charge on any atom is 0.348 e. The molecule has 1 N–H and O–H groups in total. The molecule has 1 amide bonds. The van der Waals surface area contributed by atoms with Crippen LogP contribution in [0.2, 0.25) is 0 Å². The van der Waals surface area contributed by atoms with Gasteiger partial charge in [0.2, 0.25) is 5.91 Å². The van der Waals surface area contributed by atoms with Crippen LogP contribution in [0.15, 0.2) is 60.7 Å². The number of rotatable bonds is 13. The number of unbranched alkanes of at least 4 members (excludes halogenated alkanes) is 2. The largest absolute Gasteiger partial charge is 0.465 e. The molecule has 0 radical (unpaired) electrons. The topological polar surface area (TPSA) is 66.8 Å². The van der Waals surface area contributed by atoms with Crippen LogP contribution in [0, 0.1) is 5.92 Å². The lowest BCUT2D eigenvalue weighted by Crippen LogP contribution is -2.32. The van der Waals surface area contributed by atoms with Gasteiger partial charge in [-0.15, -0.1) is 11.3 Å². The number of aliphatic hydroxyl groups excluding tert-OH is 1. The van der Waals surface area contributed by atoms with Crippen molar-refractivity contribution in [2.75, 3.05) is 13.7 Å². The Kier molecular flexibility index (Phi) is 10.8. The average molecular weight is 496 g/mol. The Labute approximate surface area is 213 Å². The molecule has 3 rings (SSSR count). The van der Waals surface area contributed by atoms with E-state index in [1.165, 1.54) is 30.4 Å². The Morgan fingerprint density at radius 2 is 2.00 bits per heavy atom. The van der Waals surface area contributed by atoms with Crippen LogP contribution in [-0.4, -0.2) is 47.7 Å². The first-order valence-electron chi connectivity index (χ1n) is 12.5. The number of likely N-dealkylation sites (tertiary alicyclic amines) is 1. The fraction of sp³-hybridized carbons (Fsp3) is 0.448. The lowest BCUT2D eigenvalue weighted by Gasteiger charge is -2.22. The second-order valence-corrected chi connectivity index (χ2v) is 10.3. The summed E-state index contributed by atoms with van der Waals surface area (Å²) in [7, 11) is 1.37. The highest BCUT2D eigenvalue weighted by Gasteiger charge is 2.28. The van der Waals surface area contributed by atoms with Gasteiger partial charge in [0.25, 0.3) is 0 Å². The smallest absolute Gasteiger partial charge is 0.348 e. The molecule has 6 heteroatoms. The number of thiophene rings is 1. The van der Waals surface area contributed by atoms with Crippen molar-refractivity contribution in [1.29, 1.82) is 0 Å². The fourth-order valence-corrected chi connectivity index (χ4v) is 5.20. The molecule has 1 aromatic carbocycles. The van der Waals surface area contributed by atoms with Crippen LogP contribution in [0.3, 0.4) is 0 Å². The molecule has 1 aromatic heterocycles. The van der Waals surface area contributed by atoms with Crippen molar-refractivity contribution in [1.82, 2.24) is 4.90 Å². The van der Waals surface area contributed by atoms with Gasteiger partial charge in [-0.3, -0.25) is 4.79 Å². The molecule has 0 bridgehead atoms. The minimum absolute atomic E-state index is 0.00818. The van der Waals surface area contributed by atoms with Crippen LogP contribution in [0.5, 0.6) is 0 Å². The predicted octanol–water partition coefficient (Wildman–Crippen LogP) is 5.90. The molecule has 5 nitrogen and oxygen atoms in total. The highest BCUT2D eigenvalue weighted by molar-refractivity contribution is 7.14. The van der Waals surface area contributed by atoms with Gasteiger partial charge in [-0.25, -0.2) is 4.79 Å². The zero-order valence-corrected chi connectivity index (χ0v) is 21.6. The van der Waals surface area contributed by atoms with Crippen LogP contribution in [0.4, 0.5) is 0 Å². The van der Waals surface area contributed by atoms with Gasteiger partial charge >= 0.3 is 5.97 Å². The average Bonchev–Trinajstić information content (AvgIpc) is 3.49. The summed E-state index contributed by atoms with van der Waals surface area (Å²) in [6.07, 6.45) is 14.1. The van der Waals surface area contributed by atoms with Gasteiger partial charge in [0.15, 0.2) is 0 Å². The third kappa shape index (κ3) is 8.48. The minimum Gasteiger partial charge on any atom is -0.465 e. The van der Waals surface area contributed by atoms with Crippen molar-refractivity contribution in [2.24, 2.45) is 5.92 Å². The Morgan fingerprint density at radius 1 is 1.20 bits per heavy atom. The highest BCUT2D eigenvalue weighted by atomic mass is 32.1. The number of amides is 1. The van der Waals surface area contributed by atoms with Gasteiger partial charge < -0.3 is 14.7 Å². The highest BCUT2D eigenvalue weighted by Crippen LogP contribution is 2.23. The zero-order valence-electron chi connectivity index (χ0n) is 20.8. The summed E-state index contributed by atoms with van der Waals surface area (Å²) in [4.78, 5) is 27.3. The summed E-state index contributed by atoms with van der Waals surface area (Å²) in [5, 5.41) is 10.6. The van der Waals surface area contributed by atoms with Gasteiger partial charge in [-0.05, 0) is 55.4 Å². The van der Waals surface area contributed by atoms with E-state index in [1.807, 2.05) is 41.3 Å². The zero-order chi connectivity index (χ0) is 25.0. The quantitative estimate of drug-likeness (QED) is 0.214. The number of hydrogen-bond donors (Lipinski definition) is 1. The molecule has 1 aliphatic rings. The summed E-state index contributed by atoms with van der Waals surface area (Å²) in [5.41, 5.74) is 1.38. The van der Waals surface area contributed by atoms with Crippen molar-refractivity contribution in [3.63, 3.8) is 0 Å². The normalized spacial score (nSPS) is 18.0. The van der Waals surface area contributed by atoms with Crippen molar-refractivity contribution in [3.05, 3.63) is 76.0 Å². The molecule has 3 atom stereocenters. The van der Waals surface area contributed by atoms with Gasteiger partial charge in [-0.1, -0.05) is 68.3 Å². The lowest BCUT2D eigenvalue weighted by molar-refractivity contribution is -0.127. The van der Waals surface area contributed by atoms with Crippen molar-refractivity contribution >= 4 is 29.3 Å². The SMILES string of the molecule is COC(=O)c1ccc(/C=C\CN2C(=O)CC[C@@H]2/C=C/[C@@H](O)[C@@H](C)CCCCCc2ccccc2)s1. The molecule has 0 aliphatic carbocycles. The number of carbonyl (C=O) groups is 2. The maximum atomic E-state index is 12.4. The standard InChI is InChI=1S/C29H37NO4S/c1-22(10-5-3-6-11-23-12-7-4-8-13-23)26(31)18-15-24-16-20-28(32)30(24)21-9-14-25-17-19-27(35-25)29(33)34-2/h4,7-9,12-15,17-19,22,24,26,31H,3,5-6,10-11,16,20-21H2,1-2H3/b14-9-,18-15+/t22-,24-,26+/m0/s1. The van der Waals surface area contributed by atoms with Gasteiger partial charge in [-0.2, -0.15) is 0 Å². The molecule has 2 heterocycles. The van der Waals surface area contributed by atoms with Crippen LogP contribution >= 0.6 is 11.3 Å². The van der Waals surface area contributed by atoms with Crippen molar-refractivity contribution in [3.8, 4) is 0 Å². The molecule has 35 heavy (non-hydrogen) atoms. The molecule has 0 spiro atoms. The van der Waals surface area contributed by atoms with Crippen molar-refractivity contribution < 1.29 is 19.4 Å². The molecular weight excluding hydrogens is 458 g/mol. The molecule has 0 saturated carbocycles. The number of esters is 1. The first-order valence-corrected chi connectivity index (χ1v) is 13.3. The number of hydrogen-bond acceptors (Lipinski definition) is 5. The monoisotopic (exact) mass is 495 g/mol. The van der Waals surface area contributed by atoms with E-state index in [1.54, 1.807) is 6.07 Å². The Morgan fingerprint density at radius 3 is 2.77 bits per heavy atom. The van der Waals surface area contributed by atoms with Crippen LogP contribution in [0.25, 0.3) is 6.08 Å². The van der Waals surface area contributed by atoms with Crippen molar-refractivity contribution in [2.45, 2.75) is 64.0 Å². The molecule has 1 saturated heterocycles. The first kappa shape index (κ1) is 26.9. The second kappa shape index (κ2) is 14.0. The van der Waals surface area contributed by atoms with E-state index in [4.69, 9.17) is 4.74 Å². The van der Waals surface area contributed by atoms with Gasteiger partial charge in [0, 0.05) is 17.8 Å². The summed E-state index contributed by atoms with van der Waals surface area (Å²) < 4.78 is 4.74. The van der Waals surface area contributed by atoms with E-state index in [9.17, 15) is 14.7 Å². The number of nitrogens with zero attached hydrogens (tertiary/aromatic N) is 1. The van der Waals surface area contributed by atoms with Gasteiger partial charge in [0.1, 0.15) is 4.88 Å². The number of benzene rings is 1. The number of ether oxygens (including phenoxy) is 1. The summed E-state index contributed by atoms with van der Waals surface area (Å²) in [6, 6.07) is 14.2. The van der Waals surface area contributed by atoms with E-state index < -0.39 is 6.10 Å². The third-order valence-corrected chi connectivity index (χ3v) is 7.58. The molecule has 2 aromatic rings. The molecule has 188 valence electrons. The maximum absolute atomic E-state index is 12.4. The van der Waals surface area contributed by atoms with E-state index in [2.05, 4.69) is 31.2 Å². The lowest BCUT2D eigenvalue weighted by atomic mass is 9.95. The summed E-state index contributed by atoms with van der Waals surface area (Å²) in [6.45, 7) is 2.60. The molecule has 0 unspecified atom stereocenters. The minimum atomic E-state index is -0.500. The van der Waals surface area contributed by atoms with Crippen LogP contribution in [-0.2, 0) is 16.0 Å². The summed E-state index contributed by atoms with van der Waals surface area (Å²) >= 11 is 1.36. The second-order valence-electron chi connectivity index (χ2n) is 9.19. The van der Waals surface area contributed by atoms with E-state index in [0.717, 1.165) is 37.0 Å². The number of carbonyl (C=O) groups excluding carboxylic acids is 2. The Bertz CT molecular complexity index is 997. The predicted molar refractivity (Wildman–Crippen MR) is 142 cm³/mol. The molecule has 1 fully saturated rings. The Balaban J connectivity index is 1.41. The van der Waals surface area contributed by atoms with E-state index >= 15 is 0 Å².